The molecule has 0 N–H and O–H groups in total. The normalized spacial score (nSPS) is 28.1. The van der Waals surface area contributed by atoms with Crippen molar-refractivity contribution in [2.24, 2.45) is 47.3 Å². The van der Waals surface area contributed by atoms with Crippen molar-refractivity contribution in [3.63, 3.8) is 0 Å². The molecule has 0 heterocycles. The summed E-state index contributed by atoms with van der Waals surface area (Å²) >= 11 is 0. The molecule has 0 bridgehead atoms. The van der Waals surface area contributed by atoms with Crippen LogP contribution in [0.1, 0.15) is 67.2 Å². The average Bonchev–Trinajstić information content (AvgIpc) is 3.08. The molecule has 48 heavy (non-hydrogen) atoms. The van der Waals surface area contributed by atoms with Crippen LogP contribution in [0.25, 0.3) is 0 Å². The van der Waals surface area contributed by atoms with Crippen LogP contribution in [0.4, 0.5) is 4.79 Å². The Labute approximate surface area is 290 Å². The van der Waals surface area contributed by atoms with Crippen LogP contribution in [0, 0.1) is 47.3 Å². The average molecular weight is 675 g/mol. The molecule has 0 aromatic carbocycles. The largest absolute Gasteiger partial charge is 0.508 e. The van der Waals surface area contributed by atoms with Gasteiger partial charge in [0.05, 0.1) is 90.4 Å². The van der Waals surface area contributed by atoms with Gasteiger partial charge >= 0.3 is 6.16 Å². The van der Waals surface area contributed by atoms with Crippen molar-refractivity contribution in [3.8, 4) is 0 Å². The van der Waals surface area contributed by atoms with Crippen LogP contribution >= 0.6 is 0 Å². The zero-order chi connectivity index (χ0) is 34.8. The van der Waals surface area contributed by atoms with Crippen LogP contribution in [0.2, 0.25) is 0 Å². The monoisotopic (exact) mass is 674 g/mol. The minimum absolute atomic E-state index is 0.155. The van der Waals surface area contributed by atoms with Gasteiger partial charge in [0, 0.05) is 11.8 Å². The highest BCUT2D eigenvalue weighted by Gasteiger charge is 2.41. The van der Waals surface area contributed by atoms with E-state index in [-0.39, 0.29) is 60.6 Å². The topological polar surface area (TPSA) is 90.9 Å². The van der Waals surface area contributed by atoms with Crippen molar-refractivity contribution in [1.82, 2.24) is 0 Å². The van der Waals surface area contributed by atoms with E-state index >= 15 is 0 Å². The molecule has 0 aliphatic heterocycles. The number of allylic oxidation sites excluding steroid dienone is 6. The van der Waals surface area contributed by atoms with E-state index in [1.165, 1.54) is 0 Å². The van der Waals surface area contributed by atoms with Crippen LogP contribution in [0.3, 0.4) is 0 Å². The van der Waals surface area contributed by atoms with Crippen molar-refractivity contribution in [2.45, 2.75) is 67.2 Å². The van der Waals surface area contributed by atoms with Crippen molar-refractivity contribution in [2.75, 3.05) is 52.9 Å². The molecule has 2 rings (SSSR count). The third-order valence-corrected chi connectivity index (χ3v) is 9.05. The van der Waals surface area contributed by atoms with E-state index in [1.54, 1.807) is 37.6 Å². The maximum absolute atomic E-state index is 12.9. The highest BCUT2D eigenvalue weighted by molar-refractivity contribution is 5.59. The molecular formula is C39H62O9. The van der Waals surface area contributed by atoms with Crippen molar-refractivity contribution >= 4 is 6.16 Å². The van der Waals surface area contributed by atoms with Crippen molar-refractivity contribution in [1.29, 1.82) is 0 Å². The first-order valence-electron chi connectivity index (χ1n) is 17.7. The second-order valence-corrected chi connectivity index (χ2v) is 12.7. The molecule has 2 saturated carbocycles. The molecular weight excluding hydrogens is 612 g/mol. The Kier molecular flexibility index (Phi) is 21.6. The first-order chi connectivity index (χ1) is 23.5. The van der Waals surface area contributed by atoms with Crippen LogP contribution in [-0.2, 0) is 37.9 Å². The molecule has 272 valence electrons. The van der Waals surface area contributed by atoms with Gasteiger partial charge in [-0.05, 0) is 103 Å². The Morgan fingerprint density at radius 3 is 0.917 bits per heavy atom. The predicted octanol–water partition coefficient (Wildman–Crippen LogP) is 8.96. The summed E-state index contributed by atoms with van der Waals surface area (Å²) in [5.74, 6) is 1.68. The fourth-order valence-electron chi connectivity index (χ4n) is 7.00. The van der Waals surface area contributed by atoms with Gasteiger partial charge in [0.25, 0.3) is 0 Å². The molecule has 0 radical (unpaired) electrons. The number of carbonyl (C=O) groups excluding carboxylic acids is 1. The zero-order valence-corrected chi connectivity index (χ0v) is 30.2. The van der Waals surface area contributed by atoms with Crippen LogP contribution in [0.5, 0.6) is 0 Å². The van der Waals surface area contributed by atoms with Gasteiger partial charge in [0.15, 0.2) is 0 Å². The lowest BCUT2D eigenvalue weighted by Gasteiger charge is -2.41. The van der Waals surface area contributed by atoms with Gasteiger partial charge < -0.3 is 37.9 Å². The zero-order valence-electron chi connectivity index (χ0n) is 30.2. The molecule has 2 fully saturated rings. The first-order valence-corrected chi connectivity index (χ1v) is 17.7. The quantitative estimate of drug-likeness (QED) is 0.0824. The molecule has 0 aromatic heterocycles. The van der Waals surface area contributed by atoms with Gasteiger partial charge in [-0.2, -0.15) is 0 Å². The van der Waals surface area contributed by atoms with E-state index in [0.717, 1.165) is 25.7 Å². The Balaban J connectivity index is 2.04. The number of ether oxygens (including phenoxy) is 8. The van der Waals surface area contributed by atoms with E-state index in [0.29, 0.717) is 39.6 Å². The lowest BCUT2D eigenvalue weighted by molar-refractivity contribution is -0.0407. The van der Waals surface area contributed by atoms with E-state index in [9.17, 15) is 4.79 Å². The molecule has 9 heteroatoms. The fraction of sp³-hybridized carbons (Fsp3) is 0.667. The molecule has 2 aliphatic rings. The molecule has 0 aromatic rings. The minimum Gasteiger partial charge on any atom is -0.501 e. The predicted molar refractivity (Wildman–Crippen MR) is 188 cm³/mol. The van der Waals surface area contributed by atoms with Gasteiger partial charge in [-0.15, -0.1) is 0 Å². The van der Waals surface area contributed by atoms with E-state index in [1.807, 2.05) is 78.0 Å². The Bertz CT molecular complexity index is 887. The fourth-order valence-corrected chi connectivity index (χ4v) is 7.00. The molecule has 0 amide bonds. The summed E-state index contributed by atoms with van der Waals surface area (Å²) in [5.41, 5.74) is 0. The molecule has 4 atom stereocenters. The molecule has 2 aliphatic carbocycles. The summed E-state index contributed by atoms with van der Waals surface area (Å²) in [5, 5.41) is 0. The number of hydrogen-bond acceptors (Lipinski definition) is 9. The van der Waals surface area contributed by atoms with Gasteiger partial charge in [-0.3, -0.25) is 0 Å². The Morgan fingerprint density at radius 1 is 0.417 bits per heavy atom. The third-order valence-electron chi connectivity index (χ3n) is 9.05. The van der Waals surface area contributed by atoms with E-state index in [4.69, 9.17) is 37.9 Å². The van der Waals surface area contributed by atoms with E-state index in [2.05, 4.69) is 0 Å². The van der Waals surface area contributed by atoms with Crippen molar-refractivity contribution < 1.29 is 42.7 Å². The lowest BCUT2D eigenvalue weighted by Crippen LogP contribution is -2.41. The third kappa shape index (κ3) is 15.6. The SMILES string of the molecule is CC=COCC1CC(COC(=O)OCC2CC(COC=CC)C(COC=CC)C(COC=CC)C2)CC(COC=CC)C1COC=CC. The van der Waals surface area contributed by atoms with Gasteiger partial charge in [0.1, 0.15) is 0 Å². The smallest absolute Gasteiger partial charge is 0.501 e. The van der Waals surface area contributed by atoms with Crippen molar-refractivity contribution in [3.05, 3.63) is 74.0 Å². The molecule has 0 saturated heterocycles. The summed E-state index contributed by atoms with van der Waals surface area (Å²) in [7, 11) is 0. The number of rotatable bonds is 22. The second-order valence-electron chi connectivity index (χ2n) is 12.7. The number of carbonyl (C=O) groups is 1. The van der Waals surface area contributed by atoms with Gasteiger partial charge in [-0.25, -0.2) is 4.79 Å². The summed E-state index contributed by atoms with van der Waals surface area (Å²) in [6.07, 6.45) is 24.5. The van der Waals surface area contributed by atoms with Gasteiger partial charge in [0.2, 0.25) is 0 Å². The molecule has 4 unspecified atom stereocenters. The summed E-state index contributed by atoms with van der Waals surface area (Å²) < 4.78 is 46.6. The molecule has 9 nitrogen and oxygen atoms in total. The summed E-state index contributed by atoms with van der Waals surface area (Å²) in [6.45, 7) is 15.6. The maximum Gasteiger partial charge on any atom is 0.508 e. The van der Waals surface area contributed by atoms with Crippen LogP contribution in [-0.4, -0.2) is 59.0 Å². The minimum atomic E-state index is -0.626. The van der Waals surface area contributed by atoms with Gasteiger partial charge in [-0.1, -0.05) is 36.5 Å². The van der Waals surface area contributed by atoms with E-state index < -0.39 is 6.16 Å². The van der Waals surface area contributed by atoms with Crippen LogP contribution < -0.4 is 0 Å². The standard InChI is InChI=1S/C39H62O9/c1-7-13-41-25-33-19-31(20-34(26-42-14-8-2)37(33)29-45-17-11-5)23-47-39(40)48-24-32-21-35(27-43-15-9-3)38(30-46-18-12-6)36(22-32)28-44-16-10-4/h7-18,31-38H,19-30H2,1-6H3. The highest BCUT2D eigenvalue weighted by atomic mass is 16.7. The summed E-state index contributed by atoms with van der Waals surface area (Å²) in [6, 6.07) is 0. The first kappa shape index (κ1) is 40.7. The lowest BCUT2D eigenvalue weighted by atomic mass is 9.68. The molecule has 0 spiro atoms. The number of hydrogen-bond donors (Lipinski definition) is 0. The van der Waals surface area contributed by atoms with Crippen LogP contribution in [0.15, 0.2) is 74.0 Å². The maximum atomic E-state index is 12.9. The second kappa shape index (κ2) is 25.5. The highest BCUT2D eigenvalue weighted by Crippen LogP contribution is 2.41. The Hall–Kier alpha value is -3.49. The summed E-state index contributed by atoms with van der Waals surface area (Å²) in [4.78, 5) is 12.9. The Morgan fingerprint density at radius 2 is 0.667 bits per heavy atom.